The molecule has 1 saturated heterocycles. The van der Waals surface area contributed by atoms with E-state index in [1.165, 1.54) is 0 Å². The topological polar surface area (TPSA) is 90.6 Å². The van der Waals surface area contributed by atoms with E-state index < -0.39 is 5.41 Å². The van der Waals surface area contributed by atoms with Crippen molar-refractivity contribution in [1.29, 1.82) is 0 Å². The van der Waals surface area contributed by atoms with Crippen molar-refractivity contribution in [2.24, 2.45) is 5.73 Å². The van der Waals surface area contributed by atoms with Crippen LogP contribution < -0.4 is 15.4 Å². The highest BCUT2D eigenvalue weighted by atomic mass is 16.5. The van der Waals surface area contributed by atoms with Crippen molar-refractivity contribution in [3.63, 3.8) is 0 Å². The number of benzene rings is 1. The van der Waals surface area contributed by atoms with Gasteiger partial charge >= 0.3 is 0 Å². The summed E-state index contributed by atoms with van der Waals surface area (Å²) in [7, 11) is 1.76. The summed E-state index contributed by atoms with van der Waals surface area (Å²) in [5.41, 5.74) is 7.10. The number of carbonyl (C=O) groups excluding carboxylic acids is 1. The van der Waals surface area contributed by atoms with E-state index in [2.05, 4.69) is 14.9 Å². The number of nitrogens with two attached hydrogens (primary N) is 1. The van der Waals surface area contributed by atoms with Crippen molar-refractivity contribution in [3.05, 3.63) is 41.7 Å². The lowest BCUT2D eigenvalue weighted by Gasteiger charge is -2.39. The van der Waals surface area contributed by atoms with E-state index in [9.17, 15) is 4.79 Å². The average molecular weight is 396 g/mol. The van der Waals surface area contributed by atoms with E-state index in [1.54, 1.807) is 19.5 Å². The molecule has 4 rings (SSSR count). The van der Waals surface area contributed by atoms with E-state index in [-0.39, 0.29) is 5.91 Å². The molecule has 154 valence electrons. The molecule has 1 aromatic carbocycles. The van der Waals surface area contributed by atoms with Crippen LogP contribution in [-0.4, -0.2) is 42.2 Å². The summed E-state index contributed by atoms with van der Waals surface area (Å²) in [4.78, 5) is 23.1. The molecule has 0 atom stereocenters. The fourth-order valence-electron chi connectivity index (χ4n) is 4.21. The molecule has 0 bridgehead atoms. The van der Waals surface area contributed by atoms with Gasteiger partial charge in [0.15, 0.2) is 5.75 Å². The fourth-order valence-corrected chi connectivity index (χ4v) is 4.21. The minimum absolute atomic E-state index is 0.240. The number of primary amides is 1. The number of piperidine rings is 1. The zero-order chi connectivity index (χ0) is 20.4. The van der Waals surface area contributed by atoms with Crippen molar-refractivity contribution in [2.75, 3.05) is 25.1 Å². The standard InChI is InChI=1S/C22H28N4O3/c1-15-12-16(22(20(23)27)8-3-9-22)4-5-19(15)29-18-13-24-21(25-14-18)26-10-6-17(28-2)7-11-26/h4-5,12-14,17H,3,6-11H2,1-2H3,(H2,23,27). The Morgan fingerprint density at radius 1 is 1.21 bits per heavy atom. The van der Waals surface area contributed by atoms with Crippen molar-refractivity contribution in [3.8, 4) is 11.5 Å². The van der Waals surface area contributed by atoms with Crippen LogP contribution in [0.3, 0.4) is 0 Å². The Hall–Kier alpha value is -2.67. The summed E-state index contributed by atoms with van der Waals surface area (Å²) in [5.74, 6) is 1.79. The van der Waals surface area contributed by atoms with Gasteiger partial charge in [-0.1, -0.05) is 18.6 Å². The number of hydrogen-bond acceptors (Lipinski definition) is 6. The third kappa shape index (κ3) is 3.79. The molecule has 0 radical (unpaired) electrons. The molecule has 2 aromatic rings. The van der Waals surface area contributed by atoms with Gasteiger partial charge in [-0.15, -0.1) is 0 Å². The molecular formula is C22H28N4O3. The maximum Gasteiger partial charge on any atom is 0.228 e. The lowest BCUT2D eigenvalue weighted by Crippen LogP contribution is -2.46. The first-order chi connectivity index (χ1) is 14.0. The smallest absolute Gasteiger partial charge is 0.228 e. The normalized spacial score (nSPS) is 18.9. The van der Waals surface area contributed by atoms with E-state index >= 15 is 0 Å². The number of aromatic nitrogens is 2. The van der Waals surface area contributed by atoms with Gasteiger partial charge in [0, 0.05) is 20.2 Å². The van der Waals surface area contributed by atoms with Crippen LogP contribution >= 0.6 is 0 Å². The van der Waals surface area contributed by atoms with Gasteiger partial charge in [-0.25, -0.2) is 9.97 Å². The second-order valence-electron chi connectivity index (χ2n) is 8.02. The zero-order valence-electron chi connectivity index (χ0n) is 17.1. The van der Waals surface area contributed by atoms with Crippen LogP contribution in [0.15, 0.2) is 30.6 Å². The molecule has 7 heteroatoms. The number of aryl methyl sites for hydroxylation is 1. The summed E-state index contributed by atoms with van der Waals surface area (Å²) < 4.78 is 11.4. The lowest BCUT2D eigenvalue weighted by atomic mass is 9.64. The molecule has 2 fully saturated rings. The van der Waals surface area contributed by atoms with Crippen LogP contribution in [0.1, 0.15) is 43.2 Å². The number of nitrogens with zero attached hydrogens (tertiary/aromatic N) is 3. The maximum atomic E-state index is 12.0. The Morgan fingerprint density at radius 3 is 2.41 bits per heavy atom. The maximum absolute atomic E-state index is 12.0. The predicted molar refractivity (Wildman–Crippen MR) is 110 cm³/mol. The van der Waals surface area contributed by atoms with E-state index in [0.717, 1.165) is 62.1 Å². The highest BCUT2D eigenvalue weighted by molar-refractivity contribution is 5.87. The Bertz CT molecular complexity index is 872. The summed E-state index contributed by atoms with van der Waals surface area (Å²) in [6.45, 7) is 3.75. The van der Waals surface area contributed by atoms with Crippen LogP contribution in [0.5, 0.6) is 11.5 Å². The molecule has 2 heterocycles. The molecule has 0 unspecified atom stereocenters. The number of amides is 1. The van der Waals surface area contributed by atoms with E-state index in [4.69, 9.17) is 15.2 Å². The molecule has 1 aliphatic heterocycles. The van der Waals surface area contributed by atoms with Crippen LogP contribution in [0.25, 0.3) is 0 Å². The fraction of sp³-hybridized carbons (Fsp3) is 0.500. The molecule has 29 heavy (non-hydrogen) atoms. The molecule has 1 aliphatic carbocycles. The van der Waals surface area contributed by atoms with Gasteiger partial charge in [0.1, 0.15) is 5.75 Å². The van der Waals surface area contributed by atoms with Gasteiger partial charge in [0.25, 0.3) is 0 Å². The molecule has 2 aliphatic rings. The first-order valence-electron chi connectivity index (χ1n) is 10.2. The number of methoxy groups -OCH3 is 1. The van der Waals surface area contributed by atoms with Gasteiger partial charge in [-0.2, -0.15) is 0 Å². The molecule has 2 N–H and O–H groups in total. The molecule has 1 aromatic heterocycles. The van der Waals surface area contributed by atoms with Crippen LogP contribution in [0.4, 0.5) is 5.95 Å². The number of hydrogen-bond donors (Lipinski definition) is 1. The van der Waals surface area contributed by atoms with Crippen molar-refractivity contribution < 1.29 is 14.3 Å². The molecule has 0 spiro atoms. The summed E-state index contributed by atoms with van der Waals surface area (Å²) in [6, 6.07) is 5.85. The number of carbonyl (C=O) groups is 1. The highest BCUT2D eigenvalue weighted by Crippen LogP contribution is 2.44. The van der Waals surface area contributed by atoms with Crippen LogP contribution in [-0.2, 0) is 14.9 Å². The molecular weight excluding hydrogens is 368 g/mol. The molecule has 7 nitrogen and oxygen atoms in total. The highest BCUT2D eigenvalue weighted by Gasteiger charge is 2.44. The quantitative estimate of drug-likeness (QED) is 0.807. The van der Waals surface area contributed by atoms with Crippen LogP contribution in [0.2, 0.25) is 0 Å². The summed E-state index contributed by atoms with van der Waals surface area (Å²) >= 11 is 0. The average Bonchev–Trinajstić information content (AvgIpc) is 2.69. The van der Waals surface area contributed by atoms with Gasteiger partial charge in [0.2, 0.25) is 11.9 Å². The number of ether oxygens (including phenoxy) is 2. The van der Waals surface area contributed by atoms with Gasteiger partial charge < -0.3 is 20.1 Å². The largest absolute Gasteiger partial charge is 0.454 e. The lowest BCUT2D eigenvalue weighted by molar-refractivity contribution is -0.126. The minimum atomic E-state index is -0.510. The van der Waals surface area contributed by atoms with Crippen molar-refractivity contribution in [2.45, 2.75) is 50.5 Å². The summed E-state index contributed by atoms with van der Waals surface area (Å²) in [6.07, 6.45) is 8.37. The Kier molecular flexibility index (Phi) is 5.41. The second-order valence-corrected chi connectivity index (χ2v) is 8.02. The van der Waals surface area contributed by atoms with Gasteiger partial charge in [-0.05, 0) is 49.8 Å². The first-order valence-corrected chi connectivity index (χ1v) is 10.2. The van der Waals surface area contributed by atoms with Crippen LogP contribution in [0, 0.1) is 6.92 Å². The minimum Gasteiger partial charge on any atom is -0.454 e. The second kappa shape index (κ2) is 7.99. The van der Waals surface area contributed by atoms with E-state index in [1.807, 2.05) is 25.1 Å². The number of anilines is 1. The van der Waals surface area contributed by atoms with Gasteiger partial charge in [0.05, 0.1) is 23.9 Å². The SMILES string of the molecule is COC1CCN(c2ncc(Oc3ccc(C4(C(N)=O)CCC4)cc3C)cn2)CC1. The van der Waals surface area contributed by atoms with Crippen molar-refractivity contribution >= 4 is 11.9 Å². The Morgan fingerprint density at radius 2 is 1.90 bits per heavy atom. The predicted octanol–water partition coefficient (Wildman–Crippen LogP) is 3.10. The van der Waals surface area contributed by atoms with Crippen molar-refractivity contribution in [1.82, 2.24) is 9.97 Å². The molecule has 1 saturated carbocycles. The Balaban J connectivity index is 1.44. The summed E-state index contributed by atoms with van der Waals surface area (Å²) in [5, 5.41) is 0. The number of rotatable bonds is 6. The third-order valence-electron chi connectivity index (χ3n) is 6.31. The zero-order valence-corrected chi connectivity index (χ0v) is 17.1. The van der Waals surface area contributed by atoms with Gasteiger partial charge in [-0.3, -0.25) is 4.79 Å². The van der Waals surface area contributed by atoms with E-state index in [0.29, 0.717) is 17.8 Å². The Labute approximate surface area is 171 Å². The first kappa shape index (κ1) is 19.6. The molecule has 1 amide bonds. The third-order valence-corrected chi connectivity index (χ3v) is 6.31. The monoisotopic (exact) mass is 396 g/mol.